The zero-order chi connectivity index (χ0) is 16.3. The molecule has 0 saturated heterocycles. The summed E-state index contributed by atoms with van der Waals surface area (Å²) in [7, 11) is -1.92. The second-order valence-corrected chi connectivity index (χ2v) is 8.47. The zero-order valence-electron chi connectivity index (χ0n) is 13.3. The molecule has 0 N–H and O–H groups in total. The summed E-state index contributed by atoms with van der Waals surface area (Å²) in [4.78, 5) is 0.244. The third-order valence-electron chi connectivity index (χ3n) is 2.88. The van der Waals surface area contributed by atoms with Gasteiger partial charge in [-0.25, -0.2) is 12.7 Å². The molecule has 0 heterocycles. The van der Waals surface area contributed by atoms with E-state index in [2.05, 4.69) is 0 Å². The Morgan fingerprint density at radius 3 is 2.38 bits per heavy atom. The maximum absolute atomic E-state index is 12.6. The van der Waals surface area contributed by atoms with Crippen molar-refractivity contribution in [2.75, 3.05) is 20.2 Å². The van der Waals surface area contributed by atoms with Gasteiger partial charge in [0.05, 0.1) is 17.4 Å². The molecule has 0 aliphatic heterocycles. The van der Waals surface area contributed by atoms with Gasteiger partial charge < -0.3 is 4.74 Å². The highest BCUT2D eigenvalue weighted by molar-refractivity contribution is 7.89. The predicted molar refractivity (Wildman–Crippen MR) is 86.4 cm³/mol. The van der Waals surface area contributed by atoms with Crippen LogP contribution in [-0.4, -0.2) is 32.9 Å². The van der Waals surface area contributed by atoms with Crippen molar-refractivity contribution in [2.24, 2.45) is 5.41 Å². The molecule has 1 aromatic carbocycles. The van der Waals surface area contributed by atoms with Gasteiger partial charge in [0, 0.05) is 19.2 Å². The first kappa shape index (κ1) is 18.3. The van der Waals surface area contributed by atoms with Crippen molar-refractivity contribution in [3.05, 3.63) is 23.8 Å². The summed E-state index contributed by atoms with van der Waals surface area (Å²) in [5.74, 6) is 0.840. The molecule has 120 valence electrons. The van der Waals surface area contributed by atoms with E-state index in [1.165, 1.54) is 4.31 Å². The fourth-order valence-corrected chi connectivity index (χ4v) is 3.71. The van der Waals surface area contributed by atoms with E-state index in [4.69, 9.17) is 16.3 Å². The molecule has 21 heavy (non-hydrogen) atoms. The highest BCUT2D eigenvalue weighted by Crippen LogP contribution is 2.27. The van der Waals surface area contributed by atoms with Crippen LogP contribution in [0, 0.1) is 5.41 Å². The van der Waals surface area contributed by atoms with Gasteiger partial charge in [0.2, 0.25) is 10.0 Å². The van der Waals surface area contributed by atoms with Gasteiger partial charge in [-0.3, -0.25) is 0 Å². The molecule has 0 aliphatic carbocycles. The van der Waals surface area contributed by atoms with E-state index in [0.717, 1.165) is 0 Å². The van der Waals surface area contributed by atoms with Gasteiger partial charge in [-0.15, -0.1) is 11.6 Å². The molecule has 0 unspecified atom stereocenters. The standard InChI is InChI=1S/C15H24ClNO3S/c1-6-20-14-8-7-13(9-12(14)10-16)21(18,19)17(5)11-15(2,3)4/h7-9H,6,10-11H2,1-5H3. The summed E-state index contributed by atoms with van der Waals surface area (Å²) in [6.45, 7) is 8.84. The second-order valence-electron chi connectivity index (χ2n) is 6.16. The summed E-state index contributed by atoms with van der Waals surface area (Å²) >= 11 is 5.89. The second kappa shape index (κ2) is 6.99. The van der Waals surface area contributed by atoms with E-state index in [1.807, 2.05) is 27.7 Å². The van der Waals surface area contributed by atoms with Crippen molar-refractivity contribution in [1.82, 2.24) is 4.31 Å². The van der Waals surface area contributed by atoms with Crippen LogP contribution in [0.15, 0.2) is 23.1 Å². The van der Waals surface area contributed by atoms with Crippen LogP contribution in [-0.2, 0) is 15.9 Å². The SMILES string of the molecule is CCOc1ccc(S(=O)(=O)N(C)CC(C)(C)C)cc1CCl. The van der Waals surface area contributed by atoms with Crippen molar-refractivity contribution >= 4 is 21.6 Å². The summed E-state index contributed by atoms with van der Waals surface area (Å²) in [5.41, 5.74) is 0.575. The Hall–Kier alpha value is -0.780. The molecule has 4 nitrogen and oxygen atoms in total. The van der Waals surface area contributed by atoms with E-state index in [1.54, 1.807) is 25.2 Å². The molecule has 0 bridgehead atoms. The van der Waals surface area contributed by atoms with Crippen LogP contribution in [0.5, 0.6) is 5.75 Å². The Bertz CT molecular complexity index is 579. The van der Waals surface area contributed by atoms with Gasteiger partial charge >= 0.3 is 0 Å². The van der Waals surface area contributed by atoms with Crippen molar-refractivity contribution in [3.8, 4) is 5.75 Å². The monoisotopic (exact) mass is 333 g/mol. The summed E-state index contributed by atoms with van der Waals surface area (Å²) in [6, 6.07) is 4.82. The van der Waals surface area contributed by atoms with Crippen LogP contribution in [0.2, 0.25) is 0 Å². The third kappa shape index (κ3) is 4.87. The van der Waals surface area contributed by atoms with E-state index in [9.17, 15) is 8.42 Å². The van der Waals surface area contributed by atoms with E-state index in [0.29, 0.717) is 24.5 Å². The van der Waals surface area contributed by atoms with Gasteiger partial charge in [0.1, 0.15) is 5.75 Å². The Morgan fingerprint density at radius 1 is 1.29 bits per heavy atom. The van der Waals surface area contributed by atoms with Crippen LogP contribution < -0.4 is 4.74 Å². The Balaban J connectivity index is 3.14. The third-order valence-corrected chi connectivity index (χ3v) is 4.97. The van der Waals surface area contributed by atoms with Crippen LogP contribution in [0.4, 0.5) is 0 Å². The number of hydrogen-bond donors (Lipinski definition) is 0. The van der Waals surface area contributed by atoms with Crippen LogP contribution in [0.25, 0.3) is 0 Å². The maximum Gasteiger partial charge on any atom is 0.242 e. The predicted octanol–water partition coefficient (Wildman–Crippen LogP) is 3.49. The number of sulfonamides is 1. The first-order chi connectivity index (χ1) is 9.61. The number of ether oxygens (including phenoxy) is 1. The van der Waals surface area contributed by atoms with Gasteiger partial charge in [-0.05, 0) is 30.5 Å². The first-order valence-corrected chi connectivity index (χ1v) is 8.87. The molecule has 0 saturated carbocycles. The molecule has 0 radical (unpaired) electrons. The summed E-state index contributed by atoms with van der Waals surface area (Å²) in [6.07, 6.45) is 0. The molecule has 0 spiro atoms. The smallest absolute Gasteiger partial charge is 0.242 e. The minimum Gasteiger partial charge on any atom is -0.494 e. The molecule has 6 heteroatoms. The number of hydrogen-bond acceptors (Lipinski definition) is 3. The Kier molecular flexibility index (Phi) is 6.08. The van der Waals surface area contributed by atoms with Crippen molar-refractivity contribution in [1.29, 1.82) is 0 Å². The lowest BCUT2D eigenvalue weighted by molar-refractivity contribution is 0.310. The van der Waals surface area contributed by atoms with Gasteiger partial charge in [-0.2, -0.15) is 0 Å². The summed E-state index contributed by atoms with van der Waals surface area (Å²) in [5, 5.41) is 0. The molecule has 1 aromatic rings. The lowest BCUT2D eigenvalue weighted by atomic mass is 9.97. The molecule has 0 aromatic heterocycles. The maximum atomic E-state index is 12.6. The highest BCUT2D eigenvalue weighted by Gasteiger charge is 2.26. The topological polar surface area (TPSA) is 46.6 Å². The largest absolute Gasteiger partial charge is 0.494 e. The fraction of sp³-hybridized carbons (Fsp3) is 0.600. The van der Waals surface area contributed by atoms with E-state index >= 15 is 0 Å². The molecular weight excluding hydrogens is 310 g/mol. The van der Waals surface area contributed by atoms with Crippen LogP contribution in [0.3, 0.4) is 0 Å². The average molecular weight is 334 g/mol. The fourth-order valence-electron chi connectivity index (χ4n) is 2.05. The van der Waals surface area contributed by atoms with Crippen LogP contribution in [0.1, 0.15) is 33.3 Å². The van der Waals surface area contributed by atoms with Crippen molar-refractivity contribution in [3.63, 3.8) is 0 Å². The van der Waals surface area contributed by atoms with Gasteiger partial charge in [0.15, 0.2) is 0 Å². The lowest BCUT2D eigenvalue weighted by Gasteiger charge is -2.26. The molecule has 1 rings (SSSR count). The van der Waals surface area contributed by atoms with Crippen LogP contribution >= 0.6 is 11.6 Å². The minimum atomic E-state index is -3.52. The normalized spacial score (nSPS) is 12.7. The number of benzene rings is 1. The highest BCUT2D eigenvalue weighted by atomic mass is 35.5. The lowest BCUT2D eigenvalue weighted by Crippen LogP contribution is -2.34. The molecule has 0 amide bonds. The minimum absolute atomic E-state index is 0.109. The number of halogens is 1. The quantitative estimate of drug-likeness (QED) is 0.749. The molecular formula is C15H24ClNO3S. The zero-order valence-corrected chi connectivity index (χ0v) is 14.9. The number of rotatable bonds is 6. The molecule has 0 atom stereocenters. The summed E-state index contributed by atoms with van der Waals surface area (Å²) < 4.78 is 32.0. The average Bonchev–Trinajstić information content (AvgIpc) is 2.37. The van der Waals surface area contributed by atoms with Gasteiger partial charge in [0.25, 0.3) is 0 Å². The van der Waals surface area contributed by atoms with E-state index in [-0.39, 0.29) is 16.2 Å². The molecule has 0 aliphatic rings. The first-order valence-electron chi connectivity index (χ1n) is 6.90. The van der Waals surface area contributed by atoms with Gasteiger partial charge in [-0.1, -0.05) is 20.8 Å². The number of nitrogens with zero attached hydrogens (tertiary/aromatic N) is 1. The van der Waals surface area contributed by atoms with E-state index < -0.39 is 10.0 Å². The molecule has 0 fully saturated rings. The number of alkyl halides is 1. The van der Waals surface area contributed by atoms with Crippen molar-refractivity contribution in [2.45, 2.75) is 38.5 Å². The Labute approximate surface area is 133 Å². The Morgan fingerprint density at radius 2 is 1.90 bits per heavy atom. The van der Waals surface area contributed by atoms with Crippen molar-refractivity contribution < 1.29 is 13.2 Å².